The number of nitrogens with zero attached hydrogens (tertiary/aromatic N) is 1. The summed E-state index contributed by atoms with van der Waals surface area (Å²) in [6.45, 7) is 4.10. The first-order valence-electron chi connectivity index (χ1n) is 5.00. The SMILES string of the molecule is CCCCc1nc(/C(C)=C/CO)co1. The minimum Gasteiger partial charge on any atom is -0.448 e. The highest BCUT2D eigenvalue weighted by atomic mass is 16.3. The van der Waals surface area contributed by atoms with E-state index in [0.29, 0.717) is 0 Å². The zero-order valence-electron chi connectivity index (χ0n) is 8.79. The van der Waals surface area contributed by atoms with Crippen molar-refractivity contribution in [1.29, 1.82) is 0 Å². The van der Waals surface area contributed by atoms with Crippen molar-refractivity contribution >= 4 is 5.57 Å². The van der Waals surface area contributed by atoms with Gasteiger partial charge in [-0.3, -0.25) is 0 Å². The van der Waals surface area contributed by atoms with Gasteiger partial charge in [0.25, 0.3) is 0 Å². The lowest BCUT2D eigenvalue weighted by Gasteiger charge is -1.92. The van der Waals surface area contributed by atoms with Crippen molar-refractivity contribution < 1.29 is 9.52 Å². The predicted octanol–water partition coefficient (Wildman–Crippen LogP) is 2.41. The molecule has 0 saturated heterocycles. The quantitative estimate of drug-likeness (QED) is 0.784. The third-order valence-electron chi connectivity index (χ3n) is 2.10. The maximum Gasteiger partial charge on any atom is 0.194 e. The highest BCUT2D eigenvalue weighted by Crippen LogP contribution is 2.13. The van der Waals surface area contributed by atoms with Crippen LogP contribution in [-0.4, -0.2) is 16.7 Å². The van der Waals surface area contributed by atoms with Gasteiger partial charge >= 0.3 is 0 Å². The van der Waals surface area contributed by atoms with E-state index in [1.54, 1.807) is 12.3 Å². The van der Waals surface area contributed by atoms with E-state index < -0.39 is 0 Å². The molecule has 1 rings (SSSR count). The fourth-order valence-electron chi connectivity index (χ4n) is 1.18. The molecule has 0 amide bonds. The molecule has 0 atom stereocenters. The van der Waals surface area contributed by atoms with Gasteiger partial charge in [-0.1, -0.05) is 19.4 Å². The van der Waals surface area contributed by atoms with E-state index in [2.05, 4.69) is 11.9 Å². The number of oxazole rings is 1. The predicted molar refractivity (Wildman–Crippen MR) is 55.9 cm³/mol. The number of rotatable bonds is 5. The van der Waals surface area contributed by atoms with Crippen LogP contribution in [0.2, 0.25) is 0 Å². The molecule has 14 heavy (non-hydrogen) atoms. The maximum atomic E-state index is 8.71. The topological polar surface area (TPSA) is 46.3 Å². The van der Waals surface area contributed by atoms with E-state index in [9.17, 15) is 0 Å². The molecule has 1 N–H and O–H groups in total. The average molecular weight is 195 g/mol. The van der Waals surface area contributed by atoms with Crippen LogP contribution in [0, 0.1) is 0 Å². The molecular weight excluding hydrogens is 178 g/mol. The Morgan fingerprint density at radius 1 is 1.64 bits per heavy atom. The van der Waals surface area contributed by atoms with Crippen molar-refractivity contribution in [3.8, 4) is 0 Å². The Morgan fingerprint density at radius 3 is 3.07 bits per heavy atom. The van der Waals surface area contributed by atoms with Gasteiger partial charge in [0, 0.05) is 6.42 Å². The Morgan fingerprint density at radius 2 is 2.43 bits per heavy atom. The van der Waals surface area contributed by atoms with Crippen LogP contribution in [0.4, 0.5) is 0 Å². The summed E-state index contributed by atoms with van der Waals surface area (Å²) in [4.78, 5) is 4.32. The molecule has 0 aliphatic rings. The number of allylic oxidation sites excluding steroid dienone is 1. The van der Waals surface area contributed by atoms with Crippen LogP contribution in [0.1, 0.15) is 38.3 Å². The zero-order chi connectivity index (χ0) is 10.4. The molecule has 0 unspecified atom stereocenters. The first kappa shape index (κ1) is 11.0. The summed E-state index contributed by atoms with van der Waals surface area (Å²) in [5.41, 5.74) is 1.78. The van der Waals surface area contributed by atoms with Crippen molar-refractivity contribution in [2.24, 2.45) is 0 Å². The number of aliphatic hydroxyl groups is 1. The Hall–Kier alpha value is -1.09. The molecule has 0 aromatic carbocycles. The van der Waals surface area contributed by atoms with Crippen LogP contribution in [0.15, 0.2) is 16.8 Å². The van der Waals surface area contributed by atoms with Crippen molar-refractivity contribution in [1.82, 2.24) is 4.98 Å². The number of aromatic nitrogens is 1. The zero-order valence-corrected chi connectivity index (χ0v) is 8.79. The maximum absolute atomic E-state index is 8.71. The second-order valence-electron chi connectivity index (χ2n) is 3.30. The lowest BCUT2D eigenvalue weighted by atomic mass is 10.2. The Balaban J connectivity index is 2.63. The minimum atomic E-state index is 0.0446. The van der Waals surface area contributed by atoms with E-state index in [4.69, 9.17) is 9.52 Å². The van der Waals surface area contributed by atoms with Crippen molar-refractivity contribution in [3.63, 3.8) is 0 Å². The van der Waals surface area contributed by atoms with Gasteiger partial charge in [0.2, 0.25) is 0 Å². The number of aryl methyl sites for hydroxylation is 1. The molecule has 0 fully saturated rings. The van der Waals surface area contributed by atoms with Crippen LogP contribution in [0.25, 0.3) is 5.57 Å². The smallest absolute Gasteiger partial charge is 0.194 e. The number of hydrogen-bond donors (Lipinski definition) is 1. The summed E-state index contributed by atoms with van der Waals surface area (Å²) in [6.07, 6.45) is 6.50. The monoisotopic (exact) mass is 195 g/mol. The van der Waals surface area contributed by atoms with E-state index in [1.807, 2.05) is 6.92 Å². The van der Waals surface area contributed by atoms with Gasteiger partial charge in [-0.05, 0) is 18.9 Å². The van der Waals surface area contributed by atoms with Gasteiger partial charge in [-0.15, -0.1) is 0 Å². The minimum absolute atomic E-state index is 0.0446. The summed E-state index contributed by atoms with van der Waals surface area (Å²) in [7, 11) is 0. The molecule has 78 valence electrons. The molecule has 0 bridgehead atoms. The molecule has 0 aliphatic carbocycles. The van der Waals surface area contributed by atoms with E-state index in [1.165, 1.54) is 0 Å². The number of unbranched alkanes of at least 4 members (excludes halogenated alkanes) is 1. The largest absolute Gasteiger partial charge is 0.448 e. The van der Waals surface area contributed by atoms with Gasteiger partial charge in [0.05, 0.1) is 6.61 Å². The molecular formula is C11H17NO2. The first-order chi connectivity index (χ1) is 6.77. The van der Waals surface area contributed by atoms with Crippen LogP contribution in [0.3, 0.4) is 0 Å². The number of aliphatic hydroxyl groups excluding tert-OH is 1. The molecule has 0 saturated carbocycles. The molecule has 3 heteroatoms. The highest BCUT2D eigenvalue weighted by molar-refractivity contribution is 5.59. The molecule has 1 heterocycles. The molecule has 3 nitrogen and oxygen atoms in total. The summed E-state index contributed by atoms with van der Waals surface area (Å²) < 4.78 is 5.30. The van der Waals surface area contributed by atoms with Gasteiger partial charge in [0.15, 0.2) is 5.89 Å². The molecule has 0 radical (unpaired) electrons. The lowest BCUT2D eigenvalue weighted by Crippen LogP contribution is -1.86. The summed E-state index contributed by atoms with van der Waals surface area (Å²) in [5, 5.41) is 8.71. The van der Waals surface area contributed by atoms with Crippen LogP contribution < -0.4 is 0 Å². The van der Waals surface area contributed by atoms with Crippen LogP contribution in [0.5, 0.6) is 0 Å². The normalized spacial score (nSPS) is 12.1. The third kappa shape index (κ3) is 3.00. The third-order valence-corrected chi connectivity index (χ3v) is 2.10. The second kappa shape index (κ2) is 5.60. The molecule has 0 spiro atoms. The van der Waals surface area contributed by atoms with Gasteiger partial charge in [0.1, 0.15) is 12.0 Å². The van der Waals surface area contributed by atoms with Gasteiger partial charge in [-0.25, -0.2) is 4.98 Å². The van der Waals surface area contributed by atoms with Gasteiger partial charge < -0.3 is 9.52 Å². The van der Waals surface area contributed by atoms with Crippen molar-refractivity contribution in [2.45, 2.75) is 33.1 Å². The Bertz CT molecular complexity index is 302. The van der Waals surface area contributed by atoms with Crippen LogP contribution >= 0.6 is 0 Å². The van der Waals surface area contributed by atoms with E-state index >= 15 is 0 Å². The fraction of sp³-hybridized carbons (Fsp3) is 0.545. The highest BCUT2D eigenvalue weighted by Gasteiger charge is 2.04. The average Bonchev–Trinajstić information content (AvgIpc) is 2.63. The Labute approximate surface area is 84.5 Å². The van der Waals surface area contributed by atoms with Gasteiger partial charge in [-0.2, -0.15) is 0 Å². The Kier molecular flexibility index (Phi) is 4.40. The molecule has 1 aromatic heterocycles. The molecule has 0 aliphatic heterocycles. The molecule has 1 aromatic rings. The second-order valence-corrected chi connectivity index (χ2v) is 3.30. The first-order valence-corrected chi connectivity index (χ1v) is 5.00. The van der Waals surface area contributed by atoms with E-state index in [0.717, 1.165) is 36.4 Å². The van der Waals surface area contributed by atoms with Crippen LogP contribution in [-0.2, 0) is 6.42 Å². The van der Waals surface area contributed by atoms with E-state index in [-0.39, 0.29) is 6.61 Å². The fourth-order valence-corrected chi connectivity index (χ4v) is 1.18. The summed E-state index contributed by atoms with van der Waals surface area (Å²) >= 11 is 0. The summed E-state index contributed by atoms with van der Waals surface area (Å²) in [5.74, 6) is 0.785. The standard InChI is InChI=1S/C11H17NO2/c1-3-4-5-11-12-10(8-14-11)9(2)6-7-13/h6,8,13H,3-5,7H2,1-2H3/b9-6+. The van der Waals surface area contributed by atoms with Crippen molar-refractivity contribution in [3.05, 3.63) is 23.9 Å². The van der Waals surface area contributed by atoms with Crippen molar-refractivity contribution in [2.75, 3.05) is 6.61 Å². The number of hydrogen-bond acceptors (Lipinski definition) is 3. The summed E-state index contributed by atoms with van der Waals surface area (Å²) in [6, 6.07) is 0. The lowest BCUT2D eigenvalue weighted by molar-refractivity contribution is 0.343.